The van der Waals surface area contributed by atoms with Crippen LogP contribution in [-0.2, 0) is 24.3 Å². The highest BCUT2D eigenvalue weighted by Crippen LogP contribution is 2.47. The molecule has 1 aromatic rings. The maximum atomic E-state index is 12.6. The van der Waals surface area contributed by atoms with Crippen molar-refractivity contribution in [2.75, 3.05) is 43.9 Å². The highest BCUT2D eigenvalue weighted by molar-refractivity contribution is 7.92. The maximum absolute atomic E-state index is 12.6. The van der Waals surface area contributed by atoms with Crippen LogP contribution in [-0.4, -0.2) is 81.8 Å². The largest absolute Gasteiger partial charge is 0.487 e. The predicted octanol–water partition coefficient (Wildman–Crippen LogP) is 0.301. The van der Waals surface area contributed by atoms with Crippen molar-refractivity contribution in [1.82, 2.24) is 4.90 Å². The zero-order valence-electron chi connectivity index (χ0n) is 16.2. The van der Waals surface area contributed by atoms with Gasteiger partial charge in [-0.2, -0.15) is 0 Å². The SMILES string of the molecule is CS(=O)(=O)Nc1ccc2c(c1)[C@H]1C[C@H](CC(=O)N3CCOCC3)O[C@H](CO)[C@H]1O2. The Morgan fingerprint density at radius 3 is 2.76 bits per heavy atom. The van der Waals surface area contributed by atoms with E-state index in [4.69, 9.17) is 14.2 Å². The summed E-state index contributed by atoms with van der Waals surface area (Å²) < 4.78 is 42.9. The van der Waals surface area contributed by atoms with Gasteiger partial charge in [-0.15, -0.1) is 0 Å². The molecule has 4 rings (SSSR count). The topological polar surface area (TPSA) is 114 Å². The Bertz CT molecular complexity index is 869. The average molecular weight is 426 g/mol. The van der Waals surface area contributed by atoms with E-state index in [9.17, 15) is 18.3 Å². The number of sulfonamides is 1. The van der Waals surface area contributed by atoms with Gasteiger partial charge in [0.15, 0.2) is 0 Å². The summed E-state index contributed by atoms with van der Waals surface area (Å²) in [5.74, 6) is 0.584. The standard InChI is InChI=1S/C19H26N2O7S/c1-29(24,25)20-12-2-3-16-14(8-12)15-9-13(27-17(11-22)19(15)28-16)10-18(23)21-4-6-26-7-5-21/h2-3,8,13,15,17,19-20,22H,4-7,9-11H2,1H3/t13-,15-,17-,19+/m1/s1. The quantitative estimate of drug-likeness (QED) is 0.696. The molecule has 3 heterocycles. The number of rotatable bonds is 5. The highest BCUT2D eigenvalue weighted by Gasteiger charge is 2.46. The van der Waals surface area contributed by atoms with Crippen LogP contribution in [0.3, 0.4) is 0 Å². The van der Waals surface area contributed by atoms with E-state index >= 15 is 0 Å². The number of amides is 1. The third-order valence-electron chi connectivity index (χ3n) is 5.57. The van der Waals surface area contributed by atoms with E-state index in [2.05, 4.69) is 4.72 Å². The van der Waals surface area contributed by atoms with E-state index < -0.39 is 16.1 Å². The molecule has 9 nitrogen and oxygen atoms in total. The van der Waals surface area contributed by atoms with Crippen molar-refractivity contribution in [2.24, 2.45) is 0 Å². The lowest BCUT2D eigenvalue weighted by atomic mass is 9.84. The van der Waals surface area contributed by atoms with Crippen LogP contribution in [0, 0.1) is 0 Å². The first-order valence-electron chi connectivity index (χ1n) is 9.74. The van der Waals surface area contributed by atoms with Gasteiger partial charge in [0.1, 0.15) is 18.0 Å². The minimum Gasteiger partial charge on any atom is -0.487 e. The van der Waals surface area contributed by atoms with Crippen LogP contribution >= 0.6 is 0 Å². The zero-order valence-corrected chi connectivity index (χ0v) is 17.1. The Balaban J connectivity index is 1.51. The third kappa shape index (κ3) is 4.50. The number of morpholine rings is 1. The molecule has 0 aromatic heterocycles. The number of carbonyl (C=O) groups is 1. The highest BCUT2D eigenvalue weighted by atomic mass is 32.2. The number of hydrogen-bond acceptors (Lipinski definition) is 7. The molecule has 10 heteroatoms. The minimum atomic E-state index is -3.39. The number of hydrogen-bond donors (Lipinski definition) is 2. The van der Waals surface area contributed by atoms with Gasteiger partial charge in [-0.1, -0.05) is 0 Å². The molecule has 1 amide bonds. The zero-order chi connectivity index (χ0) is 20.6. The number of benzene rings is 1. The van der Waals surface area contributed by atoms with Crippen molar-refractivity contribution in [3.05, 3.63) is 23.8 Å². The van der Waals surface area contributed by atoms with Gasteiger partial charge in [0.2, 0.25) is 15.9 Å². The number of ether oxygens (including phenoxy) is 3. The predicted molar refractivity (Wildman–Crippen MR) is 104 cm³/mol. The first kappa shape index (κ1) is 20.4. The Labute approximate surface area is 170 Å². The van der Waals surface area contributed by atoms with Gasteiger partial charge in [0, 0.05) is 30.3 Å². The number of nitrogens with zero attached hydrogens (tertiary/aromatic N) is 1. The molecule has 2 fully saturated rings. The van der Waals surface area contributed by atoms with Crippen molar-refractivity contribution in [3.8, 4) is 5.75 Å². The van der Waals surface area contributed by atoms with Crippen LogP contribution in [0.2, 0.25) is 0 Å². The van der Waals surface area contributed by atoms with Gasteiger partial charge in [0.05, 0.1) is 38.6 Å². The normalized spacial score (nSPS) is 29.0. The molecule has 2 N–H and O–H groups in total. The van der Waals surface area contributed by atoms with Crippen LogP contribution in [0.25, 0.3) is 0 Å². The molecular formula is C19H26N2O7S. The van der Waals surface area contributed by atoms with Crippen LogP contribution in [0.1, 0.15) is 24.3 Å². The number of nitrogens with one attached hydrogen (secondary N) is 1. The van der Waals surface area contributed by atoms with Crippen molar-refractivity contribution in [2.45, 2.75) is 37.1 Å². The molecule has 0 radical (unpaired) electrons. The first-order valence-corrected chi connectivity index (χ1v) is 11.6. The number of aliphatic hydroxyl groups excluding tert-OH is 1. The molecule has 4 atom stereocenters. The fourth-order valence-corrected chi connectivity index (χ4v) is 4.86. The summed E-state index contributed by atoms with van der Waals surface area (Å²) in [5, 5.41) is 9.82. The van der Waals surface area contributed by atoms with Crippen molar-refractivity contribution < 1.29 is 32.5 Å². The van der Waals surface area contributed by atoms with E-state index in [0.717, 1.165) is 11.8 Å². The summed E-state index contributed by atoms with van der Waals surface area (Å²) in [7, 11) is -3.39. The molecule has 29 heavy (non-hydrogen) atoms. The molecule has 160 valence electrons. The second-order valence-corrected chi connectivity index (χ2v) is 9.48. The number of carbonyl (C=O) groups excluding carboxylic acids is 1. The van der Waals surface area contributed by atoms with Crippen LogP contribution in [0.15, 0.2) is 18.2 Å². The lowest BCUT2D eigenvalue weighted by molar-refractivity contribution is -0.151. The first-order chi connectivity index (χ1) is 13.8. The fourth-order valence-electron chi connectivity index (χ4n) is 4.30. The molecule has 2 saturated heterocycles. The average Bonchev–Trinajstić information content (AvgIpc) is 3.05. The van der Waals surface area contributed by atoms with E-state index in [1.807, 2.05) is 0 Å². The van der Waals surface area contributed by atoms with Crippen molar-refractivity contribution >= 4 is 21.6 Å². The molecule has 0 spiro atoms. The van der Waals surface area contributed by atoms with Gasteiger partial charge in [0.25, 0.3) is 0 Å². The van der Waals surface area contributed by atoms with E-state index in [-0.39, 0.29) is 37.1 Å². The Morgan fingerprint density at radius 2 is 2.07 bits per heavy atom. The monoisotopic (exact) mass is 426 g/mol. The molecule has 0 aliphatic carbocycles. The van der Waals surface area contributed by atoms with Gasteiger partial charge < -0.3 is 24.2 Å². The Hall–Kier alpha value is -1.88. The summed E-state index contributed by atoms with van der Waals surface area (Å²) >= 11 is 0. The van der Waals surface area contributed by atoms with E-state index in [0.29, 0.717) is 44.2 Å². The lowest BCUT2D eigenvalue weighted by Crippen LogP contribution is -2.48. The fraction of sp³-hybridized carbons (Fsp3) is 0.632. The lowest BCUT2D eigenvalue weighted by Gasteiger charge is -2.38. The molecular weight excluding hydrogens is 400 g/mol. The van der Waals surface area contributed by atoms with Gasteiger partial charge in [-0.3, -0.25) is 9.52 Å². The molecule has 0 saturated carbocycles. The van der Waals surface area contributed by atoms with Crippen molar-refractivity contribution in [1.29, 1.82) is 0 Å². The summed E-state index contributed by atoms with van der Waals surface area (Å²) in [6.45, 7) is 2.02. The number of fused-ring (bicyclic) bond motifs is 3. The smallest absolute Gasteiger partial charge is 0.229 e. The second-order valence-electron chi connectivity index (χ2n) is 7.73. The van der Waals surface area contributed by atoms with Gasteiger partial charge in [-0.25, -0.2) is 8.42 Å². The number of aliphatic hydroxyl groups is 1. The van der Waals surface area contributed by atoms with E-state index in [1.165, 1.54) is 0 Å². The van der Waals surface area contributed by atoms with Gasteiger partial charge >= 0.3 is 0 Å². The third-order valence-corrected chi connectivity index (χ3v) is 6.18. The minimum absolute atomic E-state index is 0.0140. The molecule has 3 aliphatic rings. The van der Waals surface area contributed by atoms with Crippen molar-refractivity contribution in [3.63, 3.8) is 0 Å². The summed E-state index contributed by atoms with van der Waals surface area (Å²) in [6, 6.07) is 5.14. The molecule has 0 bridgehead atoms. The van der Waals surface area contributed by atoms with Crippen LogP contribution < -0.4 is 9.46 Å². The molecule has 3 aliphatic heterocycles. The van der Waals surface area contributed by atoms with E-state index in [1.54, 1.807) is 23.1 Å². The maximum Gasteiger partial charge on any atom is 0.229 e. The molecule has 0 unspecified atom stereocenters. The van der Waals surface area contributed by atoms with Gasteiger partial charge in [-0.05, 0) is 24.6 Å². The Morgan fingerprint density at radius 1 is 1.31 bits per heavy atom. The van der Waals surface area contributed by atoms with Crippen LogP contribution in [0.4, 0.5) is 5.69 Å². The second kappa shape index (κ2) is 8.10. The number of anilines is 1. The Kier molecular flexibility index (Phi) is 5.69. The molecule has 1 aromatic carbocycles. The summed E-state index contributed by atoms with van der Waals surface area (Å²) in [5.41, 5.74) is 1.33. The summed E-state index contributed by atoms with van der Waals surface area (Å²) in [6.07, 6.45) is 0.643. The van der Waals surface area contributed by atoms with Crippen LogP contribution in [0.5, 0.6) is 5.75 Å². The summed E-state index contributed by atoms with van der Waals surface area (Å²) in [4.78, 5) is 14.4.